The molecule has 0 bridgehead atoms. The molecule has 1 aromatic heterocycles. The smallest absolute Gasteiger partial charge is 0.132 e. The highest BCUT2D eigenvalue weighted by Gasteiger charge is 2.29. The summed E-state index contributed by atoms with van der Waals surface area (Å²) in [5, 5.41) is 13.9. The molecule has 0 aromatic carbocycles. The molecule has 0 unspecified atom stereocenters. The van der Waals surface area contributed by atoms with Gasteiger partial charge in [0, 0.05) is 25.7 Å². The fraction of sp³-hybridized carbons (Fsp3) is 0.769. The summed E-state index contributed by atoms with van der Waals surface area (Å²) in [6.07, 6.45) is 2.48. The van der Waals surface area contributed by atoms with Crippen LogP contribution in [0, 0.1) is 12.3 Å². The molecule has 4 nitrogen and oxygen atoms in total. The van der Waals surface area contributed by atoms with Crippen LogP contribution in [-0.4, -0.2) is 28.0 Å². The first-order chi connectivity index (χ1) is 7.94. The van der Waals surface area contributed by atoms with Crippen LogP contribution in [0.1, 0.15) is 37.9 Å². The van der Waals surface area contributed by atoms with Crippen molar-refractivity contribution in [1.82, 2.24) is 9.78 Å². The van der Waals surface area contributed by atoms with Gasteiger partial charge in [0.2, 0.25) is 0 Å². The van der Waals surface area contributed by atoms with Crippen molar-refractivity contribution >= 4 is 5.82 Å². The Morgan fingerprint density at radius 1 is 1.41 bits per heavy atom. The molecule has 17 heavy (non-hydrogen) atoms. The van der Waals surface area contributed by atoms with Crippen LogP contribution in [-0.2, 0) is 13.7 Å². The quantitative estimate of drug-likeness (QED) is 0.853. The Hall–Kier alpha value is -1.03. The number of rotatable bonds is 2. The predicted octanol–water partition coefficient (Wildman–Crippen LogP) is 1.85. The van der Waals surface area contributed by atoms with Gasteiger partial charge < -0.3 is 10.0 Å². The summed E-state index contributed by atoms with van der Waals surface area (Å²) in [6.45, 7) is 8.76. The van der Waals surface area contributed by atoms with Crippen molar-refractivity contribution in [3.05, 3.63) is 11.3 Å². The topological polar surface area (TPSA) is 41.3 Å². The van der Waals surface area contributed by atoms with Gasteiger partial charge in [-0.1, -0.05) is 13.8 Å². The number of aliphatic hydroxyl groups is 1. The van der Waals surface area contributed by atoms with Crippen molar-refractivity contribution in [2.75, 3.05) is 18.0 Å². The molecule has 0 atom stereocenters. The SMILES string of the molecule is Cc1nn(C)c(N2CCCC(C)(C)C2)c1CO. The second-order valence-corrected chi connectivity index (χ2v) is 5.86. The molecule has 0 radical (unpaired) electrons. The lowest BCUT2D eigenvalue weighted by molar-refractivity contribution is 0.275. The van der Waals surface area contributed by atoms with Gasteiger partial charge in [0.25, 0.3) is 0 Å². The summed E-state index contributed by atoms with van der Waals surface area (Å²) in [5.41, 5.74) is 2.27. The summed E-state index contributed by atoms with van der Waals surface area (Å²) in [5.74, 6) is 1.10. The molecule has 0 spiro atoms. The summed E-state index contributed by atoms with van der Waals surface area (Å²) < 4.78 is 1.91. The fourth-order valence-corrected chi connectivity index (χ4v) is 2.87. The lowest BCUT2D eigenvalue weighted by Gasteiger charge is -2.39. The van der Waals surface area contributed by atoms with Gasteiger partial charge in [-0.2, -0.15) is 5.10 Å². The van der Waals surface area contributed by atoms with Crippen LogP contribution in [0.5, 0.6) is 0 Å². The maximum atomic E-state index is 9.49. The molecule has 96 valence electrons. The minimum Gasteiger partial charge on any atom is -0.391 e. The predicted molar refractivity (Wildman–Crippen MR) is 69.1 cm³/mol. The zero-order chi connectivity index (χ0) is 12.6. The minimum absolute atomic E-state index is 0.0753. The average Bonchev–Trinajstić information content (AvgIpc) is 2.51. The van der Waals surface area contributed by atoms with Crippen molar-refractivity contribution < 1.29 is 5.11 Å². The molecule has 1 aromatic rings. The Balaban J connectivity index is 2.33. The zero-order valence-corrected chi connectivity index (χ0v) is 11.3. The van der Waals surface area contributed by atoms with Crippen molar-refractivity contribution in [3.63, 3.8) is 0 Å². The molecule has 1 saturated heterocycles. The van der Waals surface area contributed by atoms with E-state index in [9.17, 15) is 5.11 Å². The molecule has 1 aliphatic heterocycles. The number of hydrogen-bond acceptors (Lipinski definition) is 3. The number of aromatic nitrogens is 2. The third-order valence-corrected chi connectivity index (χ3v) is 3.67. The van der Waals surface area contributed by atoms with Crippen LogP contribution in [0.15, 0.2) is 0 Å². The van der Waals surface area contributed by atoms with Gasteiger partial charge in [0.05, 0.1) is 12.3 Å². The molecule has 0 amide bonds. The summed E-state index contributed by atoms with van der Waals surface area (Å²) in [4.78, 5) is 2.37. The van der Waals surface area contributed by atoms with Gasteiger partial charge in [0.1, 0.15) is 5.82 Å². The molecular formula is C13H23N3O. The van der Waals surface area contributed by atoms with Crippen molar-refractivity contribution in [2.24, 2.45) is 12.5 Å². The molecule has 2 rings (SSSR count). The first-order valence-corrected chi connectivity index (χ1v) is 6.33. The Kier molecular flexibility index (Phi) is 3.17. The number of anilines is 1. The maximum absolute atomic E-state index is 9.49. The van der Waals surface area contributed by atoms with Crippen LogP contribution >= 0.6 is 0 Å². The second-order valence-electron chi connectivity index (χ2n) is 5.86. The molecule has 0 saturated carbocycles. The van der Waals surface area contributed by atoms with Crippen LogP contribution in [0.2, 0.25) is 0 Å². The van der Waals surface area contributed by atoms with Gasteiger partial charge in [-0.15, -0.1) is 0 Å². The van der Waals surface area contributed by atoms with Gasteiger partial charge in [0.15, 0.2) is 0 Å². The van der Waals surface area contributed by atoms with Crippen LogP contribution in [0.3, 0.4) is 0 Å². The number of piperidine rings is 1. The van der Waals surface area contributed by atoms with E-state index in [1.165, 1.54) is 12.8 Å². The van der Waals surface area contributed by atoms with Crippen molar-refractivity contribution in [2.45, 2.75) is 40.2 Å². The van der Waals surface area contributed by atoms with Crippen molar-refractivity contribution in [1.29, 1.82) is 0 Å². The molecule has 1 fully saturated rings. The van der Waals surface area contributed by atoms with Crippen LogP contribution in [0.25, 0.3) is 0 Å². The normalized spacial score (nSPS) is 19.7. The first-order valence-electron chi connectivity index (χ1n) is 6.33. The minimum atomic E-state index is 0.0753. The average molecular weight is 237 g/mol. The Labute approximate surface area is 103 Å². The lowest BCUT2D eigenvalue weighted by atomic mass is 9.84. The summed E-state index contributed by atoms with van der Waals surface area (Å²) >= 11 is 0. The highest BCUT2D eigenvalue weighted by atomic mass is 16.3. The lowest BCUT2D eigenvalue weighted by Crippen LogP contribution is -2.41. The Bertz CT molecular complexity index is 409. The second kappa shape index (κ2) is 4.33. The molecule has 0 aliphatic carbocycles. The summed E-state index contributed by atoms with van der Waals surface area (Å²) in [7, 11) is 1.96. The van der Waals surface area contributed by atoms with E-state index < -0.39 is 0 Å². The maximum Gasteiger partial charge on any atom is 0.132 e. The van der Waals surface area contributed by atoms with E-state index in [4.69, 9.17) is 0 Å². The van der Waals surface area contributed by atoms with E-state index in [1.807, 2.05) is 18.7 Å². The molecular weight excluding hydrogens is 214 g/mol. The third kappa shape index (κ3) is 2.32. The highest BCUT2D eigenvalue weighted by Crippen LogP contribution is 2.33. The van der Waals surface area contributed by atoms with Crippen LogP contribution in [0.4, 0.5) is 5.82 Å². The van der Waals surface area contributed by atoms with Gasteiger partial charge in [-0.25, -0.2) is 0 Å². The number of aryl methyl sites for hydroxylation is 2. The number of nitrogens with zero attached hydrogens (tertiary/aromatic N) is 3. The van der Waals surface area contributed by atoms with Crippen LogP contribution < -0.4 is 4.90 Å². The van der Waals surface area contributed by atoms with E-state index in [2.05, 4.69) is 23.8 Å². The van der Waals surface area contributed by atoms with E-state index in [1.54, 1.807) is 0 Å². The van der Waals surface area contributed by atoms with Crippen molar-refractivity contribution in [3.8, 4) is 0 Å². The fourth-order valence-electron chi connectivity index (χ4n) is 2.87. The first kappa shape index (κ1) is 12.4. The van der Waals surface area contributed by atoms with Gasteiger partial charge >= 0.3 is 0 Å². The summed E-state index contributed by atoms with van der Waals surface area (Å²) in [6, 6.07) is 0. The Morgan fingerprint density at radius 3 is 2.71 bits per heavy atom. The number of aliphatic hydroxyl groups excluding tert-OH is 1. The van der Waals surface area contributed by atoms with E-state index in [-0.39, 0.29) is 6.61 Å². The molecule has 1 aliphatic rings. The standard InChI is InChI=1S/C13H23N3O/c1-10-11(8-17)12(15(4)14-10)16-7-5-6-13(2,3)9-16/h17H,5-9H2,1-4H3. The Morgan fingerprint density at radius 2 is 2.12 bits per heavy atom. The van der Waals surface area contributed by atoms with E-state index in [0.29, 0.717) is 5.41 Å². The largest absolute Gasteiger partial charge is 0.391 e. The van der Waals surface area contributed by atoms with Gasteiger partial charge in [-0.3, -0.25) is 4.68 Å². The molecule has 2 heterocycles. The van der Waals surface area contributed by atoms with E-state index in [0.717, 1.165) is 30.2 Å². The highest BCUT2D eigenvalue weighted by molar-refractivity contribution is 5.50. The number of hydrogen-bond donors (Lipinski definition) is 1. The van der Waals surface area contributed by atoms with E-state index >= 15 is 0 Å². The third-order valence-electron chi connectivity index (χ3n) is 3.67. The molecule has 4 heteroatoms. The zero-order valence-electron chi connectivity index (χ0n) is 11.3. The monoisotopic (exact) mass is 237 g/mol. The molecule has 1 N–H and O–H groups in total. The van der Waals surface area contributed by atoms with Gasteiger partial charge in [-0.05, 0) is 25.2 Å².